The maximum atomic E-state index is 13.1. The van der Waals surface area contributed by atoms with Crippen LogP contribution in [0.15, 0.2) is 47.3 Å². The molecule has 1 fully saturated rings. The van der Waals surface area contributed by atoms with E-state index >= 15 is 0 Å². The van der Waals surface area contributed by atoms with E-state index in [0.29, 0.717) is 36.6 Å². The molecule has 0 saturated carbocycles. The Kier molecular flexibility index (Phi) is 5.54. The summed E-state index contributed by atoms with van der Waals surface area (Å²) in [4.78, 5) is 26.9. The van der Waals surface area contributed by atoms with Gasteiger partial charge < -0.3 is 18.9 Å². The number of aryl methyl sites for hydroxylation is 2. The van der Waals surface area contributed by atoms with Crippen molar-refractivity contribution < 1.29 is 14.3 Å². The average Bonchev–Trinajstić information content (AvgIpc) is 3.38. The zero-order valence-electron chi connectivity index (χ0n) is 18.2. The van der Waals surface area contributed by atoms with Crippen molar-refractivity contribution in [1.29, 1.82) is 0 Å². The number of rotatable bonds is 5. The summed E-state index contributed by atoms with van der Waals surface area (Å²) in [5.74, 6) is 1.19. The van der Waals surface area contributed by atoms with Crippen molar-refractivity contribution in [2.75, 3.05) is 20.2 Å². The number of likely N-dealkylation sites (tertiary alicyclic amines) is 1. The van der Waals surface area contributed by atoms with Crippen LogP contribution in [0.1, 0.15) is 22.6 Å². The minimum atomic E-state index is -0.151. The molecule has 162 valence electrons. The van der Waals surface area contributed by atoms with Crippen molar-refractivity contribution in [3.05, 3.63) is 64.2 Å². The van der Waals surface area contributed by atoms with E-state index in [0.717, 1.165) is 17.0 Å². The van der Waals surface area contributed by atoms with E-state index in [9.17, 15) is 9.59 Å². The van der Waals surface area contributed by atoms with Gasteiger partial charge in [-0.3, -0.25) is 14.3 Å². The lowest BCUT2D eigenvalue weighted by Gasteiger charge is -2.17. The van der Waals surface area contributed by atoms with Gasteiger partial charge in [0, 0.05) is 44.4 Å². The van der Waals surface area contributed by atoms with Crippen molar-refractivity contribution >= 4 is 5.91 Å². The number of hydrogen-bond acceptors (Lipinski definition) is 5. The molecule has 0 spiro atoms. The third kappa shape index (κ3) is 4.19. The Balaban J connectivity index is 1.47. The molecule has 1 aliphatic rings. The monoisotopic (exact) mass is 422 g/mol. The predicted molar refractivity (Wildman–Crippen MR) is 117 cm³/mol. The van der Waals surface area contributed by atoms with Gasteiger partial charge in [0.25, 0.3) is 11.5 Å². The Labute approximate surface area is 180 Å². The smallest absolute Gasteiger partial charge is 0.272 e. The molecule has 1 aromatic carbocycles. The molecule has 0 bridgehead atoms. The average molecular weight is 422 g/mol. The molecule has 1 saturated heterocycles. The van der Waals surface area contributed by atoms with E-state index in [2.05, 4.69) is 5.10 Å². The fourth-order valence-electron chi connectivity index (χ4n) is 3.76. The van der Waals surface area contributed by atoms with Gasteiger partial charge in [-0.1, -0.05) is 12.1 Å². The van der Waals surface area contributed by atoms with Gasteiger partial charge in [0.15, 0.2) is 0 Å². The van der Waals surface area contributed by atoms with Crippen molar-refractivity contribution in [2.45, 2.75) is 19.4 Å². The van der Waals surface area contributed by atoms with Crippen LogP contribution in [0.3, 0.4) is 0 Å². The fraction of sp³-hybridized carbons (Fsp3) is 0.348. The van der Waals surface area contributed by atoms with Gasteiger partial charge in [-0.25, -0.2) is 0 Å². The summed E-state index contributed by atoms with van der Waals surface area (Å²) in [6.07, 6.45) is 0.558. The molecule has 0 N–H and O–H groups in total. The normalized spacial score (nSPS) is 15.9. The Morgan fingerprint density at radius 3 is 2.68 bits per heavy atom. The number of ether oxygens (including phenoxy) is 2. The minimum absolute atomic E-state index is 0.0876. The molecule has 8 heteroatoms. The molecule has 3 aromatic rings. The molecule has 4 rings (SSSR count). The molecule has 0 radical (unpaired) electrons. The summed E-state index contributed by atoms with van der Waals surface area (Å²) in [6.45, 7) is 2.92. The van der Waals surface area contributed by atoms with Gasteiger partial charge in [-0.15, -0.1) is 0 Å². The summed E-state index contributed by atoms with van der Waals surface area (Å²) >= 11 is 0. The molecule has 1 unspecified atom stereocenters. The Morgan fingerprint density at radius 1 is 1.13 bits per heavy atom. The summed E-state index contributed by atoms with van der Waals surface area (Å²) in [5, 5.41) is 4.51. The van der Waals surface area contributed by atoms with Crippen molar-refractivity contribution in [3.8, 4) is 22.8 Å². The second-order valence-electron chi connectivity index (χ2n) is 7.78. The van der Waals surface area contributed by atoms with E-state index in [4.69, 9.17) is 9.47 Å². The number of hydrogen-bond donors (Lipinski definition) is 0. The predicted octanol–water partition coefficient (Wildman–Crippen LogP) is 2.40. The highest BCUT2D eigenvalue weighted by atomic mass is 16.5. The SMILES string of the molecule is COc1cccc(-c2cc(C(=O)N3CCC(Oc4cc(C)n(C)c(=O)c4)C3)n(C)n2)c1. The number of methoxy groups -OCH3 is 1. The van der Waals surface area contributed by atoms with E-state index in [1.807, 2.05) is 37.3 Å². The lowest BCUT2D eigenvalue weighted by molar-refractivity contribution is 0.0761. The second-order valence-corrected chi connectivity index (χ2v) is 7.78. The van der Waals surface area contributed by atoms with Crippen molar-refractivity contribution in [1.82, 2.24) is 19.2 Å². The number of aromatic nitrogens is 3. The molecule has 1 aliphatic heterocycles. The van der Waals surface area contributed by atoms with Crippen LogP contribution < -0.4 is 15.0 Å². The molecule has 8 nitrogen and oxygen atoms in total. The van der Waals surface area contributed by atoms with Gasteiger partial charge in [0.2, 0.25) is 0 Å². The van der Waals surface area contributed by atoms with Gasteiger partial charge in [-0.05, 0) is 31.2 Å². The summed E-state index contributed by atoms with van der Waals surface area (Å²) in [6, 6.07) is 12.7. The number of benzene rings is 1. The summed E-state index contributed by atoms with van der Waals surface area (Å²) < 4.78 is 14.5. The van der Waals surface area contributed by atoms with Crippen LogP contribution in [-0.2, 0) is 14.1 Å². The number of nitrogens with zero attached hydrogens (tertiary/aromatic N) is 4. The van der Waals surface area contributed by atoms with E-state index in [1.165, 1.54) is 6.07 Å². The molecular weight excluding hydrogens is 396 g/mol. The minimum Gasteiger partial charge on any atom is -0.497 e. The first-order valence-electron chi connectivity index (χ1n) is 10.2. The molecule has 2 aromatic heterocycles. The van der Waals surface area contributed by atoms with Crippen LogP contribution >= 0.6 is 0 Å². The van der Waals surface area contributed by atoms with Crippen LogP contribution in [0, 0.1) is 6.92 Å². The Morgan fingerprint density at radius 2 is 1.94 bits per heavy atom. The Bertz CT molecular complexity index is 1180. The molecular formula is C23H26N4O4. The van der Waals surface area contributed by atoms with Crippen molar-refractivity contribution in [3.63, 3.8) is 0 Å². The molecule has 1 atom stereocenters. The topological polar surface area (TPSA) is 78.6 Å². The summed E-state index contributed by atoms with van der Waals surface area (Å²) in [5.41, 5.74) is 2.84. The highest BCUT2D eigenvalue weighted by Gasteiger charge is 2.30. The largest absolute Gasteiger partial charge is 0.497 e. The lowest BCUT2D eigenvalue weighted by atomic mass is 10.1. The molecule has 3 heterocycles. The van der Waals surface area contributed by atoms with Crippen LogP contribution in [-0.4, -0.2) is 51.5 Å². The van der Waals surface area contributed by atoms with Gasteiger partial charge in [0.1, 0.15) is 23.3 Å². The third-order valence-corrected chi connectivity index (χ3v) is 5.68. The van der Waals surface area contributed by atoms with Crippen LogP contribution in [0.5, 0.6) is 11.5 Å². The lowest BCUT2D eigenvalue weighted by Crippen LogP contribution is -2.32. The van der Waals surface area contributed by atoms with Crippen LogP contribution in [0.2, 0.25) is 0 Å². The van der Waals surface area contributed by atoms with Gasteiger partial charge in [0.05, 0.1) is 19.3 Å². The van der Waals surface area contributed by atoms with Crippen LogP contribution in [0.4, 0.5) is 0 Å². The first kappa shape index (κ1) is 20.7. The second kappa shape index (κ2) is 8.29. The van der Waals surface area contributed by atoms with E-state index in [1.54, 1.807) is 41.4 Å². The highest BCUT2D eigenvalue weighted by Crippen LogP contribution is 2.25. The van der Waals surface area contributed by atoms with Crippen molar-refractivity contribution in [2.24, 2.45) is 14.1 Å². The van der Waals surface area contributed by atoms with Crippen LogP contribution in [0.25, 0.3) is 11.3 Å². The van der Waals surface area contributed by atoms with Gasteiger partial charge in [-0.2, -0.15) is 5.10 Å². The quantitative estimate of drug-likeness (QED) is 0.631. The molecule has 0 aliphatic carbocycles. The number of carbonyl (C=O) groups is 1. The maximum Gasteiger partial charge on any atom is 0.272 e. The third-order valence-electron chi connectivity index (χ3n) is 5.68. The first-order valence-corrected chi connectivity index (χ1v) is 10.2. The Hall–Kier alpha value is -3.55. The maximum absolute atomic E-state index is 13.1. The summed E-state index contributed by atoms with van der Waals surface area (Å²) in [7, 11) is 5.11. The molecule has 31 heavy (non-hydrogen) atoms. The molecule has 1 amide bonds. The highest BCUT2D eigenvalue weighted by molar-refractivity contribution is 5.94. The zero-order chi connectivity index (χ0) is 22.1. The number of pyridine rings is 1. The van der Waals surface area contributed by atoms with E-state index in [-0.39, 0.29) is 17.6 Å². The first-order chi connectivity index (χ1) is 14.9. The number of carbonyl (C=O) groups excluding carboxylic acids is 1. The van der Waals surface area contributed by atoms with E-state index < -0.39 is 0 Å². The number of amides is 1. The fourth-order valence-corrected chi connectivity index (χ4v) is 3.76. The van der Waals surface area contributed by atoms with Gasteiger partial charge >= 0.3 is 0 Å². The zero-order valence-corrected chi connectivity index (χ0v) is 18.2. The standard InChI is InChI=1S/C23H26N4O4/c1-15-10-19(12-22(28)25(15)2)31-18-8-9-27(14-18)23(29)21-13-20(24-26(21)3)16-6-5-7-17(11-16)30-4/h5-7,10-13,18H,8-9,14H2,1-4H3.